The molecule has 1 N–H and O–H groups in total. The molecular formula is C26H22N2O3S. The van der Waals surface area contributed by atoms with Gasteiger partial charge in [-0.05, 0) is 47.2 Å². The predicted molar refractivity (Wildman–Crippen MR) is 127 cm³/mol. The molecule has 1 amide bonds. The summed E-state index contributed by atoms with van der Waals surface area (Å²) in [7, 11) is -3.77. The van der Waals surface area contributed by atoms with Crippen molar-refractivity contribution in [3.05, 3.63) is 102 Å². The van der Waals surface area contributed by atoms with Crippen LogP contribution in [-0.4, -0.2) is 14.3 Å². The van der Waals surface area contributed by atoms with Crippen LogP contribution in [0, 0.1) is 0 Å². The molecule has 0 spiro atoms. The Kier molecular flexibility index (Phi) is 5.15. The Morgan fingerprint density at radius 3 is 2.41 bits per heavy atom. The number of carbonyl (C=O) groups excluding carboxylic acids is 1. The van der Waals surface area contributed by atoms with E-state index in [2.05, 4.69) is 4.72 Å². The molecule has 1 heterocycles. The molecule has 1 aliphatic rings. The molecule has 32 heavy (non-hydrogen) atoms. The highest BCUT2D eigenvalue weighted by atomic mass is 32.2. The molecule has 0 radical (unpaired) electrons. The molecule has 0 atom stereocenters. The molecule has 0 unspecified atom stereocenters. The topological polar surface area (TPSA) is 66.5 Å². The number of amides is 1. The molecule has 6 heteroatoms. The Morgan fingerprint density at radius 1 is 0.812 bits per heavy atom. The fraction of sp³-hybridized carbons (Fsp3) is 0.115. The van der Waals surface area contributed by atoms with E-state index < -0.39 is 10.0 Å². The van der Waals surface area contributed by atoms with E-state index >= 15 is 0 Å². The number of rotatable bonds is 5. The second-order valence-corrected chi connectivity index (χ2v) is 9.54. The summed E-state index contributed by atoms with van der Waals surface area (Å²) >= 11 is 0. The number of hydrogen-bond donors (Lipinski definition) is 1. The smallest absolute Gasteiger partial charge is 0.262 e. The summed E-state index contributed by atoms with van der Waals surface area (Å²) in [5.41, 5.74) is 3.33. The Bertz CT molecular complexity index is 1410. The zero-order valence-electron chi connectivity index (χ0n) is 17.4. The number of carbonyl (C=O) groups is 1. The zero-order valence-corrected chi connectivity index (χ0v) is 18.2. The minimum Gasteiger partial charge on any atom is -0.308 e. The predicted octanol–water partition coefficient (Wildman–Crippen LogP) is 5.12. The van der Waals surface area contributed by atoms with Gasteiger partial charge in [-0.3, -0.25) is 9.52 Å². The van der Waals surface area contributed by atoms with Crippen molar-refractivity contribution in [2.45, 2.75) is 24.3 Å². The van der Waals surface area contributed by atoms with Crippen LogP contribution in [-0.2, 0) is 27.8 Å². The van der Waals surface area contributed by atoms with Crippen LogP contribution >= 0.6 is 0 Å². The summed E-state index contributed by atoms with van der Waals surface area (Å²) in [6.45, 7) is 0.494. The molecule has 160 valence electrons. The van der Waals surface area contributed by atoms with Crippen LogP contribution in [0.4, 0.5) is 11.4 Å². The van der Waals surface area contributed by atoms with Gasteiger partial charge in [0.05, 0.1) is 11.4 Å². The van der Waals surface area contributed by atoms with E-state index in [9.17, 15) is 13.2 Å². The second kappa shape index (κ2) is 8.13. The standard InChI is InChI=1S/C26H22N2O3S/c29-26-16-13-21-17-22(14-15-24(21)28(26)18-19-7-2-1-3-8-19)27-32(30,31)25-12-6-10-20-9-4-5-11-23(20)25/h1-12,14-15,17,27H,13,16,18H2. The van der Waals surface area contributed by atoms with Gasteiger partial charge in [0.1, 0.15) is 0 Å². The molecule has 4 aromatic rings. The van der Waals surface area contributed by atoms with Crippen LogP contribution in [0.2, 0.25) is 0 Å². The van der Waals surface area contributed by atoms with Crippen molar-refractivity contribution in [3.63, 3.8) is 0 Å². The highest BCUT2D eigenvalue weighted by Gasteiger charge is 2.25. The first-order valence-electron chi connectivity index (χ1n) is 10.5. The third-order valence-corrected chi connectivity index (χ3v) is 7.19. The lowest BCUT2D eigenvalue weighted by molar-refractivity contribution is -0.119. The first-order valence-corrected chi connectivity index (χ1v) is 12.0. The van der Waals surface area contributed by atoms with Crippen LogP contribution in [0.5, 0.6) is 0 Å². The maximum absolute atomic E-state index is 13.2. The molecule has 0 aromatic heterocycles. The first-order chi connectivity index (χ1) is 15.5. The van der Waals surface area contributed by atoms with Gasteiger partial charge in [0, 0.05) is 23.2 Å². The Labute approximate surface area is 187 Å². The van der Waals surface area contributed by atoms with E-state index in [4.69, 9.17) is 0 Å². The number of sulfonamides is 1. The van der Waals surface area contributed by atoms with Crippen molar-refractivity contribution in [3.8, 4) is 0 Å². The van der Waals surface area contributed by atoms with Crippen LogP contribution in [0.25, 0.3) is 10.8 Å². The van der Waals surface area contributed by atoms with E-state index in [1.807, 2.05) is 72.8 Å². The minimum atomic E-state index is -3.77. The van der Waals surface area contributed by atoms with E-state index in [-0.39, 0.29) is 10.8 Å². The maximum Gasteiger partial charge on any atom is 0.262 e. The summed E-state index contributed by atoms with van der Waals surface area (Å²) in [4.78, 5) is 14.6. The zero-order chi connectivity index (χ0) is 22.1. The molecule has 1 aliphatic heterocycles. The number of nitrogens with zero attached hydrogens (tertiary/aromatic N) is 1. The summed E-state index contributed by atoms with van der Waals surface area (Å²) in [6.07, 6.45) is 0.989. The van der Waals surface area contributed by atoms with Crippen molar-refractivity contribution in [1.29, 1.82) is 0 Å². The van der Waals surface area contributed by atoms with Crippen molar-refractivity contribution < 1.29 is 13.2 Å². The first kappa shape index (κ1) is 20.3. The van der Waals surface area contributed by atoms with Crippen LogP contribution in [0.1, 0.15) is 17.5 Å². The largest absolute Gasteiger partial charge is 0.308 e. The monoisotopic (exact) mass is 442 g/mol. The van der Waals surface area contributed by atoms with Crippen molar-refractivity contribution in [2.75, 3.05) is 9.62 Å². The van der Waals surface area contributed by atoms with Crippen LogP contribution in [0.3, 0.4) is 0 Å². The third-order valence-electron chi connectivity index (χ3n) is 5.75. The lowest BCUT2D eigenvalue weighted by Gasteiger charge is -2.30. The summed E-state index contributed by atoms with van der Waals surface area (Å²) < 4.78 is 29.1. The SMILES string of the molecule is O=C1CCc2cc(NS(=O)(=O)c3cccc4ccccc34)ccc2N1Cc1ccccc1. The molecular weight excluding hydrogens is 420 g/mol. The van der Waals surface area contributed by atoms with E-state index in [0.717, 1.165) is 22.2 Å². The average molecular weight is 443 g/mol. The van der Waals surface area contributed by atoms with Gasteiger partial charge in [0.25, 0.3) is 10.0 Å². The van der Waals surface area contributed by atoms with E-state index in [0.29, 0.717) is 30.5 Å². The summed E-state index contributed by atoms with van der Waals surface area (Å²) in [5, 5.41) is 1.55. The van der Waals surface area contributed by atoms with Crippen LogP contribution in [0.15, 0.2) is 95.9 Å². The molecule has 4 aromatic carbocycles. The summed E-state index contributed by atoms with van der Waals surface area (Å²) in [5.74, 6) is 0.0745. The number of fused-ring (bicyclic) bond motifs is 2. The fourth-order valence-electron chi connectivity index (χ4n) is 4.20. The quantitative estimate of drug-likeness (QED) is 0.467. The highest BCUT2D eigenvalue weighted by molar-refractivity contribution is 7.93. The van der Waals surface area contributed by atoms with Gasteiger partial charge in [-0.15, -0.1) is 0 Å². The van der Waals surface area contributed by atoms with Gasteiger partial charge >= 0.3 is 0 Å². The van der Waals surface area contributed by atoms with Gasteiger partial charge in [-0.1, -0.05) is 66.7 Å². The third kappa shape index (κ3) is 3.85. The van der Waals surface area contributed by atoms with E-state index in [1.54, 1.807) is 23.1 Å². The van der Waals surface area contributed by atoms with Crippen molar-refractivity contribution in [2.24, 2.45) is 0 Å². The lowest BCUT2D eigenvalue weighted by atomic mass is 10.00. The fourth-order valence-corrected chi connectivity index (χ4v) is 5.48. The maximum atomic E-state index is 13.2. The van der Waals surface area contributed by atoms with Crippen LogP contribution < -0.4 is 9.62 Å². The van der Waals surface area contributed by atoms with Gasteiger partial charge in [-0.25, -0.2) is 8.42 Å². The number of aryl methyl sites for hydroxylation is 1. The summed E-state index contributed by atoms with van der Waals surface area (Å²) in [6, 6.07) is 27.9. The molecule has 0 saturated carbocycles. The Hall–Kier alpha value is -3.64. The molecule has 5 rings (SSSR count). The van der Waals surface area contributed by atoms with Gasteiger partial charge < -0.3 is 4.90 Å². The molecule has 0 fully saturated rings. The number of nitrogens with one attached hydrogen (secondary N) is 1. The minimum absolute atomic E-state index is 0.0745. The Morgan fingerprint density at radius 2 is 1.56 bits per heavy atom. The second-order valence-electron chi connectivity index (χ2n) is 7.89. The lowest BCUT2D eigenvalue weighted by Crippen LogP contribution is -2.34. The number of anilines is 2. The van der Waals surface area contributed by atoms with Crippen molar-refractivity contribution >= 4 is 38.1 Å². The molecule has 0 saturated heterocycles. The molecule has 0 bridgehead atoms. The van der Waals surface area contributed by atoms with Gasteiger partial charge in [0.15, 0.2) is 0 Å². The van der Waals surface area contributed by atoms with Gasteiger partial charge in [-0.2, -0.15) is 0 Å². The van der Waals surface area contributed by atoms with E-state index in [1.165, 1.54) is 0 Å². The molecule has 0 aliphatic carbocycles. The molecule has 5 nitrogen and oxygen atoms in total. The average Bonchev–Trinajstić information content (AvgIpc) is 2.81. The number of hydrogen-bond acceptors (Lipinski definition) is 3. The van der Waals surface area contributed by atoms with Crippen molar-refractivity contribution in [1.82, 2.24) is 0 Å². The normalized spacial score (nSPS) is 13.8. The highest BCUT2D eigenvalue weighted by Crippen LogP contribution is 2.33. The number of benzene rings is 4. The van der Waals surface area contributed by atoms with Gasteiger partial charge in [0.2, 0.25) is 5.91 Å². The Balaban J connectivity index is 1.45.